The SMILES string of the molecule is CNCC(C)CNC1CC1(C)C. The zero-order chi connectivity index (χ0) is 9.19. The summed E-state index contributed by atoms with van der Waals surface area (Å²) in [6, 6.07) is 0.775. The summed E-state index contributed by atoms with van der Waals surface area (Å²) in [5, 5.41) is 6.78. The molecule has 1 aliphatic carbocycles. The van der Waals surface area contributed by atoms with Gasteiger partial charge in [-0.3, -0.25) is 0 Å². The summed E-state index contributed by atoms with van der Waals surface area (Å²) in [5.41, 5.74) is 0.569. The highest BCUT2D eigenvalue weighted by Gasteiger charge is 2.44. The normalized spacial score (nSPS) is 28.5. The lowest BCUT2D eigenvalue weighted by atomic mass is 10.1. The van der Waals surface area contributed by atoms with Crippen molar-refractivity contribution >= 4 is 0 Å². The van der Waals surface area contributed by atoms with Gasteiger partial charge in [-0.1, -0.05) is 20.8 Å². The predicted octanol–water partition coefficient (Wildman–Crippen LogP) is 1.23. The van der Waals surface area contributed by atoms with E-state index in [-0.39, 0.29) is 0 Å². The third-order valence-corrected chi connectivity index (χ3v) is 2.78. The van der Waals surface area contributed by atoms with Crippen molar-refractivity contribution in [2.75, 3.05) is 20.1 Å². The first-order valence-corrected chi connectivity index (χ1v) is 4.94. The second-order valence-electron chi connectivity index (χ2n) is 4.82. The molecule has 0 aliphatic heterocycles. The Hall–Kier alpha value is -0.0800. The Balaban J connectivity index is 2.03. The average Bonchev–Trinajstić information content (AvgIpc) is 2.56. The minimum atomic E-state index is 0.569. The Kier molecular flexibility index (Phi) is 3.13. The molecule has 0 spiro atoms. The Morgan fingerprint density at radius 2 is 2.00 bits per heavy atom. The summed E-state index contributed by atoms with van der Waals surface area (Å²) in [6.45, 7) is 9.19. The Labute approximate surface area is 76.1 Å². The molecule has 2 nitrogen and oxygen atoms in total. The lowest BCUT2D eigenvalue weighted by molar-refractivity contribution is 0.460. The Morgan fingerprint density at radius 3 is 2.42 bits per heavy atom. The molecule has 2 atom stereocenters. The van der Waals surface area contributed by atoms with Gasteiger partial charge in [0, 0.05) is 6.04 Å². The molecule has 1 aliphatic rings. The lowest BCUT2D eigenvalue weighted by Crippen LogP contribution is -2.30. The summed E-state index contributed by atoms with van der Waals surface area (Å²) < 4.78 is 0. The minimum Gasteiger partial charge on any atom is -0.319 e. The highest BCUT2D eigenvalue weighted by molar-refractivity contribution is 5.01. The molecule has 0 aromatic heterocycles. The van der Waals surface area contributed by atoms with Crippen molar-refractivity contribution in [3.8, 4) is 0 Å². The topological polar surface area (TPSA) is 24.1 Å². The van der Waals surface area contributed by atoms with Crippen LogP contribution in [0.1, 0.15) is 27.2 Å². The van der Waals surface area contributed by atoms with Gasteiger partial charge in [0.2, 0.25) is 0 Å². The molecule has 0 radical (unpaired) electrons. The highest BCUT2D eigenvalue weighted by atomic mass is 15.0. The third kappa shape index (κ3) is 2.76. The summed E-state index contributed by atoms with van der Waals surface area (Å²) in [4.78, 5) is 0. The van der Waals surface area contributed by atoms with E-state index in [4.69, 9.17) is 0 Å². The van der Waals surface area contributed by atoms with Gasteiger partial charge in [0.15, 0.2) is 0 Å². The maximum atomic E-state index is 3.59. The molecular weight excluding hydrogens is 148 g/mol. The van der Waals surface area contributed by atoms with Crippen LogP contribution in [-0.4, -0.2) is 26.2 Å². The van der Waals surface area contributed by atoms with Crippen LogP contribution in [0.5, 0.6) is 0 Å². The van der Waals surface area contributed by atoms with Gasteiger partial charge in [0.25, 0.3) is 0 Å². The third-order valence-electron chi connectivity index (χ3n) is 2.78. The summed E-state index contributed by atoms with van der Waals surface area (Å²) in [5.74, 6) is 0.742. The Morgan fingerprint density at radius 1 is 1.42 bits per heavy atom. The van der Waals surface area contributed by atoms with Crippen molar-refractivity contribution in [1.29, 1.82) is 0 Å². The monoisotopic (exact) mass is 170 g/mol. The number of nitrogens with one attached hydrogen (secondary N) is 2. The number of hydrogen-bond donors (Lipinski definition) is 2. The van der Waals surface area contributed by atoms with Gasteiger partial charge in [-0.15, -0.1) is 0 Å². The van der Waals surface area contributed by atoms with Crippen LogP contribution in [0.25, 0.3) is 0 Å². The van der Waals surface area contributed by atoms with Crippen LogP contribution in [0.2, 0.25) is 0 Å². The first kappa shape index (κ1) is 10.0. The standard InChI is InChI=1S/C10H22N2/c1-8(6-11-4)7-12-9-5-10(9,2)3/h8-9,11-12H,5-7H2,1-4H3. The summed E-state index contributed by atoms with van der Waals surface area (Å²) >= 11 is 0. The van der Waals surface area contributed by atoms with Gasteiger partial charge in [0.05, 0.1) is 0 Å². The molecule has 0 aromatic rings. The first-order valence-electron chi connectivity index (χ1n) is 4.94. The molecule has 2 unspecified atom stereocenters. The quantitative estimate of drug-likeness (QED) is 0.648. The molecular formula is C10H22N2. The van der Waals surface area contributed by atoms with Crippen molar-refractivity contribution in [3.63, 3.8) is 0 Å². The molecule has 0 heterocycles. The van der Waals surface area contributed by atoms with Crippen LogP contribution in [0.4, 0.5) is 0 Å². The van der Waals surface area contributed by atoms with E-state index >= 15 is 0 Å². The molecule has 1 saturated carbocycles. The van der Waals surface area contributed by atoms with Gasteiger partial charge in [-0.2, -0.15) is 0 Å². The largest absolute Gasteiger partial charge is 0.319 e. The summed E-state index contributed by atoms with van der Waals surface area (Å²) in [6.07, 6.45) is 1.35. The molecule has 2 heteroatoms. The predicted molar refractivity (Wildman–Crippen MR) is 53.3 cm³/mol. The van der Waals surface area contributed by atoms with Crippen LogP contribution in [0.15, 0.2) is 0 Å². The van der Waals surface area contributed by atoms with E-state index in [2.05, 4.69) is 31.4 Å². The van der Waals surface area contributed by atoms with Crippen LogP contribution < -0.4 is 10.6 Å². The lowest BCUT2D eigenvalue weighted by Gasteiger charge is -2.12. The fraction of sp³-hybridized carbons (Fsp3) is 1.00. The van der Waals surface area contributed by atoms with Crippen molar-refractivity contribution in [1.82, 2.24) is 10.6 Å². The van der Waals surface area contributed by atoms with E-state index in [1.54, 1.807) is 0 Å². The fourth-order valence-corrected chi connectivity index (χ4v) is 1.58. The molecule has 1 rings (SSSR count). The molecule has 2 N–H and O–H groups in total. The van der Waals surface area contributed by atoms with E-state index in [9.17, 15) is 0 Å². The molecule has 0 bridgehead atoms. The molecule has 12 heavy (non-hydrogen) atoms. The van der Waals surface area contributed by atoms with Crippen molar-refractivity contribution in [2.24, 2.45) is 11.3 Å². The van der Waals surface area contributed by atoms with E-state index in [1.165, 1.54) is 6.42 Å². The zero-order valence-corrected chi connectivity index (χ0v) is 8.78. The van der Waals surface area contributed by atoms with E-state index in [0.717, 1.165) is 25.0 Å². The second kappa shape index (κ2) is 3.75. The first-order chi connectivity index (χ1) is 5.56. The van der Waals surface area contributed by atoms with Gasteiger partial charge >= 0.3 is 0 Å². The van der Waals surface area contributed by atoms with Crippen molar-refractivity contribution in [3.05, 3.63) is 0 Å². The highest BCUT2D eigenvalue weighted by Crippen LogP contribution is 2.44. The van der Waals surface area contributed by atoms with Gasteiger partial charge < -0.3 is 10.6 Å². The van der Waals surface area contributed by atoms with Gasteiger partial charge in [-0.25, -0.2) is 0 Å². The second-order valence-corrected chi connectivity index (χ2v) is 4.82. The molecule has 72 valence electrons. The smallest absolute Gasteiger partial charge is 0.0125 e. The van der Waals surface area contributed by atoms with E-state index in [1.807, 2.05) is 7.05 Å². The average molecular weight is 170 g/mol. The van der Waals surface area contributed by atoms with Crippen LogP contribution >= 0.6 is 0 Å². The summed E-state index contributed by atoms with van der Waals surface area (Å²) in [7, 11) is 2.01. The number of rotatable bonds is 5. The van der Waals surface area contributed by atoms with Gasteiger partial charge in [-0.05, 0) is 37.9 Å². The van der Waals surface area contributed by atoms with Gasteiger partial charge in [0.1, 0.15) is 0 Å². The molecule has 0 aromatic carbocycles. The zero-order valence-electron chi connectivity index (χ0n) is 8.78. The van der Waals surface area contributed by atoms with E-state index < -0.39 is 0 Å². The van der Waals surface area contributed by atoms with Crippen LogP contribution in [0.3, 0.4) is 0 Å². The molecule has 0 amide bonds. The molecule has 1 fully saturated rings. The van der Waals surface area contributed by atoms with Crippen LogP contribution in [0, 0.1) is 11.3 Å². The maximum Gasteiger partial charge on any atom is 0.0125 e. The minimum absolute atomic E-state index is 0.569. The van der Waals surface area contributed by atoms with E-state index in [0.29, 0.717) is 5.41 Å². The fourth-order valence-electron chi connectivity index (χ4n) is 1.58. The Bertz CT molecular complexity index is 143. The number of hydrogen-bond acceptors (Lipinski definition) is 2. The van der Waals surface area contributed by atoms with Crippen molar-refractivity contribution in [2.45, 2.75) is 33.2 Å². The van der Waals surface area contributed by atoms with Crippen LogP contribution in [-0.2, 0) is 0 Å². The molecule has 0 saturated heterocycles. The maximum absolute atomic E-state index is 3.59. The van der Waals surface area contributed by atoms with Crippen molar-refractivity contribution < 1.29 is 0 Å².